The SMILES string of the molecule is CNC(=O)C1=NC=C1. The Bertz CT molecular complexity index is 169. The van der Waals surface area contributed by atoms with Crippen LogP contribution in [0.15, 0.2) is 17.3 Å². The van der Waals surface area contributed by atoms with Crippen LogP contribution in [0.5, 0.6) is 0 Å². The van der Waals surface area contributed by atoms with Crippen molar-refractivity contribution < 1.29 is 4.79 Å². The summed E-state index contributed by atoms with van der Waals surface area (Å²) in [5, 5.41) is 2.45. The van der Waals surface area contributed by atoms with E-state index in [9.17, 15) is 4.79 Å². The number of carbonyl (C=O) groups is 1. The largest absolute Gasteiger partial charge is 0.354 e. The molecule has 0 bridgehead atoms. The molecule has 3 nitrogen and oxygen atoms in total. The molecule has 0 saturated carbocycles. The summed E-state index contributed by atoms with van der Waals surface area (Å²) in [6, 6.07) is 0. The van der Waals surface area contributed by atoms with Crippen molar-refractivity contribution in [3.63, 3.8) is 0 Å². The summed E-state index contributed by atoms with van der Waals surface area (Å²) in [7, 11) is 1.58. The lowest BCUT2D eigenvalue weighted by Gasteiger charge is -2.01. The molecule has 1 aliphatic heterocycles. The maximum absolute atomic E-state index is 10.5. The zero-order valence-corrected chi connectivity index (χ0v) is 4.51. The zero-order chi connectivity index (χ0) is 5.98. The van der Waals surface area contributed by atoms with Crippen molar-refractivity contribution in [2.45, 2.75) is 0 Å². The van der Waals surface area contributed by atoms with Crippen molar-refractivity contribution in [3.05, 3.63) is 12.3 Å². The Labute approximate surface area is 47.1 Å². The van der Waals surface area contributed by atoms with Crippen molar-refractivity contribution in [2.24, 2.45) is 4.99 Å². The number of nitrogens with one attached hydrogen (secondary N) is 1. The Morgan fingerprint density at radius 1 is 1.88 bits per heavy atom. The standard InChI is InChI=1S/C5H6N2O/c1-6-5(8)4-2-3-7-4/h2-3H,1H3,(H,6,8). The van der Waals surface area contributed by atoms with Crippen LogP contribution in [0.3, 0.4) is 0 Å². The summed E-state index contributed by atoms with van der Waals surface area (Å²) in [6.45, 7) is 0. The first kappa shape index (κ1) is 5.03. The number of aliphatic imine (C=N–C) groups is 1. The van der Waals surface area contributed by atoms with Gasteiger partial charge in [0.25, 0.3) is 5.91 Å². The fourth-order valence-corrected chi connectivity index (χ4v) is 0.411. The van der Waals surface area contributed by atoms with E-state index in [1.165, 1.54) is 0 Å². The van der Waals surface area contributed by atoms with E-state index in [2.05, 4.69) is 10.3 Å². The lowest BCUT2D eigenvalue weighted by molar-refractivity contribution is -0.114. The molecule has 0 atom stereocenters. The molecule has 3 heteroatoms. The minimum Gasteiger partial charge on any atom is -0.354 e. The van der Waals surface area contributed by atoms with Crippen LogP contribution < -0.4 is 5.32 Å². The van der Waals surface area contributed by atoms with Gasteiger partial charge in [-0.2, -0.15) is 0 Å². The zero-order valence-electron chi connectivity index (χ0n) is 4.51. The topological polar surface area (TPSA) is 41.5 Å². The first-order valence-corrected chi connectivity index (χ1v) is 2.31. The molecule has 1 heterocycles. The van der Waals surface area contributed by atoms with Gasteiger partial charge in [-0.25, -0.2) is 0 Å². The minimum absolute atomic E-state index is 0.118. The molecule has 1 amide bonds. The van der Waals surface area contributed by atoms with Gasteiger partial charge >= 0.3 is 0 Å². The number of carbonyl (C=O) groups excluding carboxylic acids is 1. The van der Waals surface area contributed by atoms with E-state index < -0.39 is 0 Å². The molecular weight excluding hydrogens is 104 g/mol. The molecule has 0 fully saturated rings. The van der Waals surface area contributed by atoms with Gasteiger partial charge in [0.15, 0.2) is 0 Å². The van der Waals surface area contributed by atoms with Crippen LogP contribution in [0.1, 0.15) is 0 Å². The highest BCUT2D eigenvalue weighted by Crippen LogP contribution is 1.93. The van der Waals surface area contributed by atoms with Gasteiger partial charge in [0.1, 0.15) is 5.71 Å². The number of hydrogen-bond donors (Lipinski definition) is 1. The number of amides is 1. The number of rotatable bonds is 1. The van der Waals surface area contributed by atoms with Gasteiger partial charge in [0, 0.05) is 13.2 Å². The molecule has 0 spiro atoms. The van der Waals surface area contributed by atoms with Crippen LogP contribution in [0, 0.1) is 0 Å². The minimum atomic E-state index is -0.118. The van der Waals surface area contributed by atoms with Crippen LogP contribution >= 0.6 is 0 Å². The van der Waals surface area contributed by atoms with E-state index in [4.69, 9.17) is 0 Å². The molecule has 8 heavy (non-hydrogen) atoms. The van der Waals surface area contributed by atoms with Crippen LogP contribution in [0.4, 0.5) is 0 Å². The average molecular weight is 110 g/mol. The lowest BCUT2D eigenvalue weighted by atomic mass is 10.3. The van der Waals surface area contributed by atoms with Crippen LogP contribution in [0.2, 0.25) is 0 Å². The molecule has 42 valence electrons. The van der Waals surface area contributed by atoms with Crippen molar-refractivity contribution in [3.8, 4) is 0 Å². The Morgan fingerprint density at radius 2 is 2.50 bits per heavy atom. The maximum Gasteiger partial charge on any atom is 0.269 e. The van der Waals surface area contributed by atoms with Gasteiger partial charge < -0.3 is 5.32 Å². The molecule has 0 radical (unpaired) electrons. The monoisotopic (exact) mass is 110 g/mol. The van der Waals surface area contributed by atoms with Crippen LogP contribution in [0.25, 0.3) is 0 Å². The normalized spacial score (nSPS) is 14.4. The highest BCUT2D eigenvalue weighted by molar-refractivity contribution is 6.45. The average Bonchev–Trinajstić information content (AvgIpc) is 1.62. The van der Waals surface area contributed by atoms with Gasteiger partial charge in [0.05, 0.1) is 0 Å². The van der Waals surface area contributed by atoms with E-state index in [1.807, 2.05) is 0 Å². The molecule has 1 rings (SSSR count). The Morgan fingerprint density at radius 3 is 2.62 bits per heavy atom. The van der Waals surface area contributed by atoms with Gasteiger partial charge in [-0.3, -0.25) is 9.79 Å². The van der Waals surface area contributed by atoms with E-state index in [1.54, 1.807) is 19.3 Å². The summed E-state index contributed by atoms with van der Waals surface area (Å²) in [6.07, 6.45) is 3.25. The number of nitrogens with zero attached hydrogens (tertiary/aromatic N) is 1. The third-order valence-electron chi connectivity index (χ3n) is 0.906. The predicted molar refractivity (Wildman–Crippen MR) is 30.6 cm³/mol. The van der Waals surface area contributed by atoms with Crippen molar-refractivity contribution >= 4 is 11.6 Å². The van der Waals surface area contributed by atoms with Crippen LogP contribution in [-0.4, -0.2) is 18.7 Å². The second-order valence-electron chi connectivity index (χ2n) is 1.41. The van der Waals surface area contributed by atoms with Gasteiger partial charge in [0.2, 0.25) is 0 Å². The molecule has 0 aromatic heterocycles. The number of hydrogen-bond acceptors (Lipinski definition) is 2. The van der Waals surface area contributed by atoms with E-state index in [0.29, 0.717) is 5.71 Å². The smallest absolute Gasteiger partial charge is 0.269 e. The second-order valence-corrected chi connectivity index (χ2v) is 1.41. The van der Waals surface area contributed by atoms with Crippen molar-refractivity contribution in [2.75, 3.05) is 7.05 Å². The summed E-state index contributed by atoms with van der Waals surface area (Å²) >= 11 is 0. The van der Waals surface area contributed by atoms with Crippen LogP contribution in [-0.2, 0) is 4.79 Å². The molecule has 1 N–H and O–H groups in total. The predicted octanol–water partition coefficient (Wildman–Crippen LogP) is -0.299. The fourth-order valence-electron chi connectivity index (χ4n) is 0.411. The lowest BCUT2D eigenvalue weighted by Crippen LogP contribution is -2.27. The fraction of sp³-hybridized carbons (Fsp3) is 0.200. The quantitative estimate of drug-likeness (QED) is 0.494. The summed E-state index contributed by atoms with van der Waals surface area (Å²) < 4.78 is 0. The van der Waals surface area contributed by atoms with E-state index in [-0.39, 0.29) is 5.91 Å². The summed E-state index contributed by atoms with van der Waals surface area (Å²) in [5.41, 5.74) is 0.507. The van der Waals surface area contributed by atoms with Gasteiger partial charge in [-0.15, -0.1) is 0 Å². The second kappa shape index (κ2) is 1.78. The molecular formula is C5H6N2O. The van der Waals surface area contributed by atoms with Gasteiger partial charge in [-0.1, -0.05) is 0 Å². The Balaban J connectivity index is 2.48. The molecule has 1 aliphatic rings. The summed E-state index contributed by atoms with van der Waals surface area (Å²) in [5.74, 6) is -0.118. The highest BCUT2D eigenvalue weighted by Gasteiger charge is 2.07. The third-order valence-corrected chi connectivity index (χ3v) is 0.906. The van der Waals surface area contributed by atoms with E-state index >= 15 is 0 Å². The molecule has 0 aromatic rings. The van der Waals surface area contributed by atoms with Crippen molar-refractivity contribution in [1.29, 1.82) is 0 Å². The third kappa shape index (κ3) is 0.621. The van der Waals surface area contributed by atoms with Crippen molar-refractivity contribution in [1.82, 2.24) is 5.32 Å². The molecule has 0 unspecified atom stereocenters. The Hall–Kier alpha value is -1.12. The van der Waals surface area contributed by atoms with E-state index in [0.717, 1.165) is 0 Å². The molecule has 0 aromatic carbocycles. The Kier molecular flexibility index (Phi) is 1.12. The first-order valence-electron chi connectivity index (χ1n) is 2.31. The highest BCUT2D eigenvalue weighted by atomic mass is 16.1. The van der Waals surface area contributed by atoms with Gasteiger partial charge in [-0.05, 0) is 6.08 Å². The molecule has 0 aliphatic carbocycles. The first-order chi connectivity index (χ1) is 3.84. The summed E-state index contributed by atoms with van der Waals surface area (Å²) in [4.78, 5) is 14.2. The maximum atomic E-state index is 10.5. The molecule has 0 saturated heterocycles.